The quantitative estimate of drug-likeness (QED) is 0.911. The number of aromatic nitrogens is 2. The molecule has 1 fully saturated rings. The number of nitrogens with zero attached hydrogens (tertiary/aromatic N) is 3. The van der Waals surface area contributed by atoms with Crippen LogP contribution in [0.1, 0.15) is 41.4 Å². The van der Waals surface area contributed by atoms with Gasteiger partial charge < -0.3 is 10.0 Å². The van der Waals surface area contributed by atoms with Gasteiger partial charge in [-0.05, 0) is 31.4 Å². The van der Waals surface area contributed by atoms with Crippen LogP contribution >= 0.6 is 11.6 Å². The first-order valence-electron chi connectivity index (χ1n) is 8.53. The van der Waals surface area contributed by atoms with E-state index in [1.807, 2.05) is 30.0 Å². The number of rotatable bonds is 4. The molecule has 0 spiro atoms. The van der Waals surface area contributed by atoms with Gasteiger partial charge in [-0.15, -0.1) is 0 Å². The lowest BCUT2D eigenvalue weighted by Crippen LogP contribution is -2.40. The van der Waals surface area contributed by atoms with Crippen LogP contribution in [0, 0.1) is 6.92 Å². The minimum Gasteiger partial charge on any atom is -0.392 e. The third-order valence-corrected chi connectivity index (χ3v) is 5.02. The molecule has 5 nitrogen and oxygen atoms in total. The second-order valence-corrected chi connectivity index (χ2v) is 6.84. The molecule has 1 atom stereocenters. The van der Waals surface area contributed by atoms with Crippen LogP contribution in [-0.2, 0) is 17.8 Å². The van der Waals surface area contributed by atoms with E-state index < -0.39 is 0 Å². The van der Waals surface area contributed by atoms with E-state index in [0.29, 0.717) is 23.8 Å². The van der Waals surface area contributed by atoms with Crippen molar-refractivity contribution in [2.75, 3.05) is 13.1 Å². The summed E-state index contributed by atoms with van der Waals surface area (Å²) in [6.07, 6.45) is 3.87. The Labute approximate surface area is 152 Å². The second kappa shape index (κ2) is 7.93. The fraction of sp³-hybridized carbons (Fsp3) is 0.421. The highest BCUT2D eigenvalue weighted by molar-refractivity contribution is 6.31. The molecule has 2 heterocycles. The van der Waals surface area contributed by atoms with Crippen molar-refractivity contribution in [1.82, 2.24) is 14.9 Å². The average molecular weight is 360 g/mol. The topological polar surface area (TPSA) is 66.3 Å². The van der Waals surface area contributed by atoms with Crippen molar-refractivity contribution in [3.63, 3.8) is 0 Å². The predicted octanol–water partition coefficient (Wildman–Crippen LogP) is 2.88. The molecule has 1 aromatic heterocycles. The molecular weight excluding hydrogens is 338 g/mol. The average Bonchev–Trinajstić information content (AvgIpc) is 2.63. The molecular formula is C19H22ClN3O2. The zero-order valence-electron chi connectivity index (χ0n) is 14.3. The van der Waals surface area contributed by atoms with E-state index in [2.05, 4.69) is 9.97 Å². The Bertz CT molecular complexity index is 766. The number of piperidine rings is 1. The van der Waals surface area contributed by atoms with Crippen molar-refractivity contribution < 1.29 is 9.90 Å². The molecule has 1 aromatic carbocycles. The highest BCUT2D eigenvalue weighted by Crippen LogP contribution is 2.28. The summed E-state index contributed by atoms with van der Waals surface area (Å²) < 4.78 is 0. The summed E-state index contributed by atoms with van der Waals surface area (Å²) in [5, 5.41) is 10.2. The number of hydrogen-bond donors (Lipinski definition) is 1. The lowest BCUT2D eigenvalue weighted by molar-refractivity contribution is -0.131. The summed E-state index contributed by atoms with van der Waals surface area (Å²) in [5.74, 6) is 0.897. The van der Waals surface area contributed by atoms with E-state index in [4.69, 9.17) is 11.6 Å². The smallest absolute Gasteiger partial charge is 0.227 e. The molecule has 3 rings (SSSR count). The highest BCUT2D eigenvalue weighted by Gasteiger charge is 2.27. The number of carbonyl (C=O) groups excluding carboxylic acids is 1. The van der Waals surface area contributed by atoms with Crippen LogP contribution in [-0.4, -0.2) is 39.0 Å². The van der Waals surface area contributed by atoms with Gasteiger partial charge >= 0.3 is 0 Å². The van der Waals surface area contributed by atoms with E-state index in [9.17, 15) is 9.90 Å². The number of hydrogen-bond acceptors (Lipinski definition) is 4. The molecule has 0 saturated carbocycles. The number of carbonyl (C=O) groups is 1. The van der Waals surface area contributed by atoms with Gasteiger partial charge in [0.1, 0.15) is 5.82 Å². The van der Waals surface area contributed by atoms with Gasteiger partial charge in [0.15, 0.2) is 0 Å². The lowest BCUT2D eigenvalue weighted by atomic mass is 9.91. The number of benzene rings is 1. The number of aliphatic hydroxyl groups is 1. The first-order valence-corrected chi connectivity index (χ1v) is 8.90. The summed E-state index contributed by atoms with van der Waals surface area (Å²) in [6.45, 7) is 3.12. The van der Waals surface area contributed by atoms with Crippen molar-refractivity contribution in [3.8, 4) is 0 Å². The van der Waals surface area contributed by atoms with Gasteiger partial charge in [-0.1, -0.05) is 29.8 Å². The van der Waals surface area contributed by atoms with Gasteiger partial charge in [-0.25, -0.2) is 9.97 Å². The third kappa shape index (κ3) is 4.17. The monoisotopic (exact) mass is 359 g/mol. The fourth-order valence-corrected chi connectivity index (χ4v) is 3.53. The van der Waals surface area contributed by atoms with Gasteiger partial charge in [0.05, 0.1) is 18.7 Å². The normalized spacial score (nSPS) is 17.6. The summed E-state index contributed by atoms with van der Waals surface area (Å²) in [4.78, 5) is 23.3. The van der Waals surface area contributed by atoms with Gasteiger partial charge in [-0.2, -0.15) is 0 Å². The number of aliphatic hydroxyl groups excluding tert-OH is 1. The Balaban J connectivity index is 1.74. The van der Waals surface area contributed by atoms with Crippen LogP contribution in [0.15, 0.2) is 30.5 Å². The molecule has 6 heteroatoms. The van der Waals surface area contributed by atoms with E-state index >= 15 is 0 Å². The maximum absolute atomic E-state index is 12.7. The number of halogens is 1. The molecule has 1 aliphatic heterocycles. The number of amides is 1. The molecule has 0 aliphatic carbocycles. The van der Waals surface area contributed by atoms with Crippen molar-refractivity contribution in [1.29, 1.82) is 0 Å². The summed E-state index contributed by atoms with van der Waals surface area (Å²) in [6, 6.07) is 7.45. The summed E-state index contributed by atoms with van der Waals surface area (Å²) >= 11 is 6.17. The van der Waals surface area contributed by atoms with E-state index in [1.54, 1.807) is 12.3 Å². The standard InChI is InChI=1S/C19H22ClN3O2/c1-13-21-10-16(12-24)19(22-13)15-6-4-8-23(11-15)18(25)9-14-5-2-3-7-17(14)20/h2-3,5,7,10,15,24H,4,6,8-9,11-12H2,1H3. The number of likely N-dealkylation sites (tertiary alicyclic amines) is 1. The first-order chi connectivity index (χ1) is 12.1. The molecule has 25 heavy (non-hydrogen) atoms. The van der Waals surface area contributed by atoms with Crippen molar-refractivity contribution in [2.24, 2.45) is 0 Å². The Morgan fingerprint density at radius 3 is 2.92 bits per heavy atom. The fourth-order valence-electron chi connectivity index (χ4n) is 3.33. The molecule has 0 bridgehead atoms. The predicted molar refractivity (Wildman–Crippen MR) is 96.4 cm³/mol. The molecule has 1 aliphatic rings. The van der Waals surface area contributed by atoms with Crippen LogP contribution in [0.4, 0.5) is 0 Å². The largest absolute Gasteiger partial charge is 0.392 e. The molecule has 1 amide bonds. The maximum Gasteiger partial charge on any atom is 0.227 e. The van der Waals surface area contributed by atoms with Gasteiger partial charge in [0, 0.05) is 35.8 Å². The zero-order chi connectivity index (χ0) is 17.8. The highest BCUT2D eigenvalue weighted by atomic mass is 35.5. The number of aryl methyl sites for hydroxylation is 1. The van der Waals surface area contributed by atoms with E-state index in [0.717, 1.165) is 36.2 Å². The zero-order valence-corrected chi connectivity index (χ0v) is 15.0. The molecule has 132 valence electrons. The van der Waals surface area contributed by atoms with E-state index in [-0.39, 0.29) is 18.4 Å². The van der Waals surface area contributed by atoms with Crippen molar-refractivity contribution in [3.05, 3.63) is 58.1 Å². The summed E-state index contributed by atoms with van der Waals surface area (Å²) in [7, 11) is 0. The van der Waals surface area contributed by atoms with Crippen molar-refractivity contribution >= 4 is 17.5 Å². The van der Waals surface area contributed by atoms with Crippen LogP contribution in [0.25, 0.3) is 0 Å². The van der Waals surface area contributed by atoms with Gasteiger partial charge in [0.25, 0.3) is 0 Å². The molecule has 1 unspecified atom stereocenters. The second-order valence-electron chi connectivity index (χ2n) is 6.43. The summed E-state index contributed by atoms with van der Waals surface area (Å²) in [5.41, 5.74) is 2.46. The van der Waals surface area contributed by atoms with Gasteiger partial charge in [-0.3, -0.25) is 4.79 Å². The Morgan fingerprint density at radius 1 is 1.36 bits per heavy atom. The maximum atomic E-state index is 12.7. The van der Waals surface area contributed by atoms with Crippen LogP contribution in [0.2, 0.25) is 5.02 Å². The lowest BCUT2D eigenvalue weighted by Gasteiger charge is -2.33. The molecule has 2 aromatic rings. The first kappa shape index (κ1) is 17.8. The minimum absolute atomic E-state index is 0.0779. The third-order valence-electron chi connectivity index (χ3n) is 4.65. The van der Waals surface area contributed by atoms with Crippen LogP contribution in [0.5, 0.6) is 0 Å². The Morgan fingerprint density at radius 2 is 2.16 bits per heavy atom. The Hall–Kier alpha value is -1.98. The molecule has 0 radical (unpaired) electrons. The Kier molecular flexibility index (Phi) is 5.66. The van der Waals surface area contributed by atoms with Crippen LogP contribution in [0.3, 0.4) is 0 Å². The minimum atomic E-state index is -0.0836. The van der Waals surface area contributed by atoms with Crippen molar-refractivity contribution in [2.45, 2.75) is 38.7 Å². The van der Waals surface area contributed by atoms with Crippen LogP contribution < -0.4 is 0 Å². The molecule has 1 N–H and O–H groups in total. The van der Waals surface area contributed by atoms with Gasteiger partial charge in [0.2, 0.25) is 5.91 Å². The SMILES string of the molecule is Cc1ncc(CO)c(C2CCCN(C(=O)Cc3ccccc3Cl)C2)n1. The van der Waals surface area contributed by atoms with E-state index in [1.165, 1.54) is 0 Å². The molecule has 1 saturated heterocycles.